The molecule has 0 N–H and O–H groups in total. The van der Waals surface area contributed by atoms with Crippen LogP contribution in [0.1, 0.15) is 6.92 Å². The molecule has 1 heteroatoms. The average molecular weight is 176 g/mol. The molecule has 0 saturated carbocycles. The van der Waals surface area contributed by atoms with Crippen molar-refractivity contribution in [3.05, 3.63) is 54.0 Å². The Labute approximate surface area is 78.0 Å². The van der Waals surface area contributed by atoms with Gasteiger partial charge in [-0.05, 0) is 24.0 Å². The third-order valence-electron chi connectivity index (χ3n) is 1.37. The smallest absolute Gasteiger partial charge is 0.0118 e. The second-order valence-corrected chi connectivity index (χ2v) is 3.75. The molecule has 0 aliphatic heterocycles. The Morgan fingerprint density at radius 3 is 2.58 bits per heavy atom. The molecule has 0 aliphatic rings. The van der Waals surface area contributed by atoms with Gasteiger partial charge in [0.05, 0.1) is 0 Å². The van der Waals surface area contributed by atoms with Crippen molar-refractivity contribution in [3.63, 3.8) is 0 Å². The number of thioether (sulfide) groups is 1. The van der Waals surface area contributed by atoms with E-state index in [2.05, 4.69) is 25.6 Å². The lowest BCUT2D eigenvalue weighted by molar-refractivity contribution is 1.46. The fourth-order valence-corrected chi connectivity index (χ4v) is 1.70. The Kier molecular flexibility index (Phi) is 3.68. The van der Waals surface area contributed by atoms with Gasteiger partial charge in [-0.2, -0.15) is 0 Å². The van der Waals surface area contributed by atoms with E-state index in [1.54, 1.807) is 11.8 Å². The Balaban J connectivity index is 2.64. The number of allylic oxidation sites excluding steroid dienone is 3. The van der Waals surface area contributed by atoms with Crippen LogP contribution in [0.25, 0.3) is 0 Å². The normalized spacial score (nSPS) is 11.2. The summed E-state index contributed by atoms with van der Waals surface area (Å²) < 4.78 is 0. The zero-order valence-corrected chi connectivity index (χ0v) is 7.97. The molecule has 0 nitrogen and oxygen atoms in total. The molecule has 1 aromatic rings. The highest BCUT2D eigenvalue weighted by molar-refractivity contribution is 8.03. The van der Waals surface area contributed by atoms with Crippen molar-refractivity contribution in [2.45, 2.75) is 11.8 Å². The molecule has 0 amide bonds. The van der Waals surface area contributed by atoms with Crippen molar-refractivity contribution in [1.29, 1.82) is 0 Å². The minimum atomic E-state index is 1.26. The summed E-state index contributed by atoms with van der Waals surface area (Å²) in [5.41, 5.74) is 0. The minimum Gasteiger partial charge on any atom is -0.0990 e. The molecule has 1 rings (SSSR count). The molecule has 0 atom stereocenters. The number of benzene rings is 1. The minimum absolute atomic E-state index is 1.26. The summed E-state index contributed by atoms with van der Waals surface area (Å²) in [5, 5.41) is 0. The van der Waals surface area contributed by atoms with E-state index in [4.69, 9.17) is 0 Å². The monoisotopic (exact) mass is 176 g/mol. The van der Waals surface area contributed by atoms with Gasteiger partial charge in [0.1, 0.15) is 0 Å². The Bertz CT molecular complexity index is 272. The van der Waals surface area contributed by atoms with Gasteiger partial charge in [-0.25, -0.2) is 0 Å². The van der Waals surface area contributed by atoms with Crippen molar-refractivity contribution < 1.29 is 0 Å². The zero-order valence-electron chi connectivity index (χ0n) is 7.16. The highest BCUT2D eigenvalue weighted by Gasteiger charge is 1.91. The molecule has 0 saturated heterocycles. The maximum absolute atomic E-state index is 3.65. The largest absolute Gasteiger partial charge is 0.0990 e. The molecule has 0 heterocycles. The third-order valence-corrected chi connectivity index (χ3v) is 2.34. The molecule has 0 aromatic heterocycles. The lowest BCUT2D eigenvalue weighted by Gasteiger charge is -1.98. The fraction of sp³-hybridized carbons (Fsp3) is 0.0909. The summed E-state index contributed by atoms with van der Waals surface area (Å²) in [7, 11) is 0. The molecule has 0 bridgehead atoms. The van der Waals surface area contributed by atoms with E-state index in [0.717, 1.165) is 0 Å². The maximum Gasteiger partial charge on any atom is 0.0118 e. The van der Waals surface area contributed by atoms with Gasteiger partial charge >= 0.3 is 0 Å². The Morgan fingerprint density at radius 2 is 2.00 bits per heavy atom. The van der Waals surface area contributed by atoms with Gasteiger partial charge in [0.25, 0.3) is 0 Å². The van der Waals surface area contributed by atoms with Crippen LogP contribution in [0.4, 0.5) is 0 Å². The molecule has 0 radical (unpaired) electrons. The lowest BCUT2D eigenvalue weighted by atomic mass is 10.4. The van der Waals surface area contributed by atoms with Crippen molar-refractivity contribution in [3.8, 4) is 0 Å². The molecule has 1 aromatic carbocycles. The number of hydrogen-bond acceptors (Lipinski definition) is 1. The van der Waals surface area contributed by atoms with Crippen LogP contribution in [-0.4, -0.2) is 0 Å². The van der Waals surface area contributed by atoms with Gasteiger partial charge in [-0.1, -0.05) is 48.7 Å². The summed E-state index contributed by atoms with van der Waals surface area (Å²) in [6.45, 7) is 5.74. The first-order valence-corrected chi connectivity index (χ1v) is 4.67. The SMILES string of the molecule is C=C/C=C(\C)Sc1ccccc1. The number of rotatable bonds is 3. The molecular formula is C11H12S. The molecule has 0 aliphatic carbocycles. The molecular weight excluding hydrogens is 164 g/mol. The van der Waals surface area contributed by atoms with Crippen molar-refractivity contribution in [2.24, 2.45) is 0 Å². The van der Waals surface area contributed by atoms with E-state index in [1.165, 1.54) is 9.80 Å². The zero-order chi connectivity index (χ0) is 8.81. The van der Waals surface area contributed by atoms with Crippen LogP contribution in [0.15, 0.2) is 58.9 Å². The van der Waals surface area contributed by atoms with E-state index < -0.39 is 0 Å². The van der Waals surface area contributed by atoms with Crippen molar-refractivity contribution in [1.82, 2.24) is 0 Å². The summed E-state index contributed by atoms with van der Waals surface area (Å²) >= 11 is 1.76. The average Bonchev–Trinajstić information content (AvgIpc) is 2.06. The van der Waals surface area contributed by atoms with E-state index in [9.17, 15) is 0 Å². The predicted octanol–water partition coefficient (Wildman–Crippen LogP) is 3.87. The first kappa shape index (κ1) is 9.14. The molecule has 12 heavy (non-hydrogen) atoms. The molecule has 62 valence electrons. The quantitative estimate of drug-likeness (QED) is 0.497. The summed E-state index contributed by atoms with van der Waals surface area (Å²) in [6.07, 6.45) is 3.82. The van der Waals surface area contributed by atoms with Crippen LogP contribution in [0, 0.1) is 0 Å². The molecule has 0 fully saturated rings. The molecule has 0 unspecified atom stereocenters. The van der Waals surface area contributed by atoms with Crippen LogP contribution in [-0.2, 0) is 0 Å². The molecule has 0 spiro atoms. The van der Waals surface area contributed by atoms with Crippen LogP contribution in [0.3, 0.4) is 0 Å². The second kappa shape index (κ2) is 4.83. The predicted molar refractivity (Wildman–Crippen MR) is 56.3 cm³/mol. The lowest BCUT2D eigenvalue weighted by Crippen LogP contribution is -1.69. The van der Waals surface area contributed by atoms with E-state index >= 15 is 0 Å². The number of hydrogen-bond donors (Lipinski definition) is 0. The van der Waals surface area contributed by atoms with Gasteiger partial charge in [-0.15, -0.1) is 0 Å². The first-order valence-electron chi connectivity index (χ1n) is 3.85. The van der Waals surface area contributed by atoms with Crippen molar-refractivity contribution >= 4 is 11.8 Å². The summed E-state index contributed by atoms with van der Waals surface area (Å²) in [4.78, 5) is 2.53. The highest BCUT2D eigenvalue weighted by atomic mass is 32.2. The van der Waals surface area contributed by atoms with Crippen LogP contribution < -0.4 is 0 Å². The third kappa shape index (κ3) is 2.97. The van der Waals surface area contributed by atoms with E-state index in [0.29, 0.717) is 0 Å². The topological polar surface area (TPSA) is 0 Å². The van der Waals surface area contributed by atoms with Gasteiger partial charge in [-0.3, -0.25) is 0 Å². The van der Waals surface area contributed by atoms with E-state index in [1.807, 2.05) is 30.4 Å². The van der Waals surface area contributed by atoms with E-state index in [-0.39, 0.29) is 0 Å². The Morgan fingerprint density at radius 1 is 1.33 bits per heavy atom. The van der Waals surface area contributed by atoms with Crippen LogP contribution in [0.2, 0.25) is 0 Å². The first-order chi connectivity index (χ1) is 5.83. The van der Waals surface area contributed by atoms with Gasteiger partial charge in [0, 0.05) is 4.90 Å². The standard InChI is InChI=1S/C11H12S/c1-3-7-10(2)12-11-8-5-4-6-9-11/h3-9H,1H2,2H3/b10-7+. The Hall–Kier alpha value is -0.950. The van der Waals surface area contributed by atoms with Gasteiger partial charge in [0.2, 0.25) is 0 Å². The van der Waals surface area contributed by atoms with Crippen molar-refractivity contribution in [2.75, 3.05) is 0 Å². The maximum atomic E-state index is 3.65. The van der Waals surface area contributed by atoms with Crippen LogP contribution >= 0.6 is 11.8 Å². The van der Waals surface area contributed by atoms with Gasteiger partial charge in [0.15, 0.2) is 0 Å². The highest BCUT2D eigenvalue weighted by Crippen LogP contribution is 2.25. The summed E-state index contributed by atoms with van der Waals surface area (Å²) in [6, 6.07) is 10.3. The summed E-state index contributed by atoms with van der Waals surface area (Å²) in [5.74, 6) is 0. The fourth-order valence-electron chi connectivity index (χ4n) is 0.874. The van der Waals surface area contributed by atoms with Gasteiger partial charge < -0.3 is 0 Å². The second-order valence-electron chi connectivity index (χ2n) is 2.43. The van der Waals surface area contributed by atoms with Crippen LogP contribution in [0.5, 0.6) is 0 Å².